The van der Waals surface area contributed by atoms with Gasteiger partial charge in [-0.1, -0.05) is 12.1 Å². The van der Waals surface area contributed by atoms with Gasteiger partial charge in [-0.3, -0.25) is 4.79 Å². The molecule has 1 aromatic rings. The fourth-order valence-corrected chi connectivity index (χ4v) is 1.20. The van der Waals surface area contributed by atoms with Crippen molar-refractivity contribution in [2.45, 2.75) is 13.0 Å². The normalized spacial score (nSPS) is 10.2. The van der Waals surface area contributed by atoms with E-state index in [2.05, 4.69) is 10.1 Å². The molecule has 1 rings (SSSR count). The van der Waals surface area contributed by atoms with Crippen molar-refractivity contribution in [1.82, 2.24) is 5.32 Å². The lowest BCUT2D eigenvalue weighted by Gasteiger charge is -2.05. The number of hydrogen-bond donors (Lipinski definition) is 1. The lowest BCUT2D eigenvalue weighted by molar-refractivity contribution is -0.140. The van der Waals surface area contributed by atoms with Gasteiger partial charge in [0.05, 0.1) is 13.5 Å². The summed E-state index contributed by atoms with van der Waals surface area (Å²) in [5.41, 5.74) is 0.241. The number of methoxy groups -OCH3 is 1. The first-order chi connectivity index (χ1) is 7.65. The van der Waals surface area contributed by atoms with E-state index in [0.29, 0.717) is 6.54 Å². The average Bonchev–Trinajstić information content (AvgIpc) is 2.29. The Labute approximate surface area is 92.4 Å². The van der Waals surface area contributed by atoms with Gasteiger partial charge in [0.15, 0.2) is 11.6 Å². The van der Waals surface area contributed by atoms with Crippen molar-refractivity contribution in [2.24, 2.45) is 0 Å². The van der Waals surface area contributed by atoms with Crippen LogP contribution >= 0.6 is 0 Å². The topological polar surface area (TPSA) is 38.3 Å². The van der Waals surface area contributed by atoms with Crippen molar-refractivity contribution < 1.29 is 18.3 Å². The molecule has 0 radical (unpaired) electrons. The molecule has 0 saturated carbocycles. The first-order valence-corrected chi connectivity index (χ1v) is 4.85. The Bertz CT molecular complexity index is 369. The monoisotopic (exact) mass is 229 g/mol. The Kier molecular flexibility index (Phi) is 4.85. The molecule has 3 nitrogen and oxygen atoms in total. The highest BCUT2D eigenvalue weighted by molar-refractivity contribution is 5.69. The van der Waals surface area contributed by atoms with Crippen LogP contribution in [0, 0.1) is 11.6 Å². The summed E-state index contributed by atoms with van der Waals surface area (Å²) in [6, 6.07) is 3.99. The molecule has 5 heteroatoms. The largest absolute Gasteiger partial charge is 0.469 e. The Hall–Kier alpha value is -1.49. The van der Waals surface area contributed by atoms with Crippen molar-refractivity contribution >= 4 is 5.97 Å². The second-order valence-corrected chi connectivity index (χ2v) is 3.22. The summed E-state index contributed by atoms with van der Waals surface area (Å²) >= 11 is 0. The van der Waals surface area contributed by atoms with Gasteiger partial charge < -0.3 is 10.1 Å². The Morgan fingerprint density at radius 3 is 2.88 bits per heavy atom. The standard InChI is InChI=1S/C11H13F2NO2/c1-16-10(15)5-6-14-7-8-3-2-4-9(12)11(8)13/h2-4,14H,5-7H2,1H3. The van der Waals surface area contributed by atoms with E-state index in [-0.39, 0.29) is 24.5 Å². The van der Waals surface area contributed by atoms with Crippen LogP contribution in [0.25, 0.3) is 0 Å². The van der Waals surface area contributed by atoms with Crippen LogP contribution in [0.1, 0.15) is 12.0 Å². The molecule has 1 N–H and O–H groups in total. The number of carbonyl (C=O) groups excluding carboxylic acids is 1. The summed E-state index contributed by atoms with van der Waals surface area (Å²) in [4.78, 5) is 10.7. The van der Waals surface area contributed by atoms with E-state index in [4.69, 9.17) is 0 Å². The predicted octanol–water partition coefficient (Wildman–Crippen LogP) is 1.62. The summed E-state index contributed by atoms with van der Waals surface area (Å²) in [7, 11) is 1.30. The molecule has 1 aromatic carbocycles. The highest BCUT2D eigenvalue weighted by Gasteiger charge is 2.07. The summed E-state index contributed by atoms with van der Waals surface area (Å²) in [6.07, 6.45) is 0.202. The molecule has 0 aliphatic carbocycles. The highest BCUT2D eigenvalue weighted by atomic mass is 19.2. The van der Waals surface area contributed by atoms with Gasteiger partial charge in [0.1, 0.15) is 0 Å². The zero-order valence-corrected chi connectivity index (χ0v) is 8.93. The Morgan fingerprint density at radius 1 is 1.44 bits per heavy atom. The number of hydrogen-bond acceptors (Lipinski definition) is 3. The molecule has 0 saturated heterocycles. The van der Waals surface area contributed by atoms with Crippen LogP contribution in [0.15, 0.2) is 18.2 Å². The van der Waals surface area contributed by atoms with Gasteiger partial charge in [-0.25, -0.2) is 8.78 Å². The zero-order valence-electron chi connectivity index (χ0n) is 8.93. The quantitative estimate of drug-likeness (QED) is 0.616. The fourth-order valence-electron chi connectivity index (χ4n) is 1.20. The van der Waals surface area contributed by atoms with E-state index < -0.39 is 11.6 Å². The van der Waals surface area contributed by atoms with Gasteiger partial charge in [-0.15, -0.1) is 0 Å². The van der Waals surface area contributed by atoms with Crippen LogP contribution in [0.5, 0.6) is 0 Å². The van der Waals surface area contributed by atoms with Crippen molar-refractivity contribution in [2.75, 3.05) is 13.7 Å². The van der Waals surface area contributed by atoms with Crippen molar-refractivity contribution in [3.63, 3.8) is 0 Å². The van der Waals surface area contributed by atoms with E-state index in [1.165, 1.54) is 19.2 Å². The van der Waals surface area contributed by atoms with Crippen molar-refractivity contribution in [3.05, 3.63) is 35.4 Å². The van der Waals surface area contributed by atoms with Gasteiger partial charge in [-0.2, -0.15) is 0 Å². The van der Waals surface area contributed by atoms with E-state index in [0.717, 1.165) is 6.07 Å². The molecule has 0 unspecified atom stereocenters. The molecule has 0 atom stereocenters. The number of nitrogens with one attached hydrogen (secondary N) is 1. The fraction of sp³-hybridized carbons (Fsp3) is 0.364. The number of rotatable bonds is 5. The van der Waals surface area contributed by atoms with Crippen LogP contribution in [0.3, 0.4) is 0 Å². The smallest absolute Gasteiger partial charge is 0.306 e. The maximum Gasteiger partial charge on any atom is 0.306 e. The lowest BCUT2D eigenvalue weighted by atomic mass is 10.2. The molecule has 0 aliphatic heterocycles. The van der Waals surface area contributed by atoms with Crippen molar-refractivity contribution in [3.8, 4) is 0 Å². The summed E-state index contributed by atoms with van der Waals surface area (Å²) in [6.45, 7) is 0.545. The molecule has 88 valence electrons. The summed E-state index contributed by atoms with van der Waals surface area (Å²) in [5, 5.41) is 2.83. The Morgan fingerprint density at radius 2 is 2.19 bits per heavy atom. The molecule has 0 aromatic heterocycles. The second kappa shape index (κ2) is 6.17. The number of benzene rings is 1. The van der Waals surface area contributed by atoms with E-state index in [9.17, 15) is 13.6 Å². The minimum absolute atomic E-state index is 0.181. The minimum Gasteiger partial charge on any atom is -0.469 e. The van der Waals surface area contributed by atoms with Gasteiger partial charge >= 0.3 is 5.97 Å². The highest BCUT2D eigenvalue weighted by Crippen LogP contribution is 2.10. The number of esters is 1. The third-order valence-corrected chi connectivity index (χ3v) is 2.08. The van der Waals surface area contributed by atoms with E-state index in [1.807, 2.05) is 0 Å². The van der Waals surface area contributed by atoms with Gasteiger partial charge in [0.25, 0.3) is 0 Å². The number of halogens is 2. The summed E-state index contributed by atoms with van der Waals surface area (Å²) in [5.74, 6) is -2.06. The van der Waals surface area contributed by atoms with Crippen LogP contribution in [0.2, 0.25) is 0 Å². The molecule has 0 bridgehead atoms. The Balaban J connectivity index is 2.38. The SMILES string of the molecule is COC(=O)CCNCc1cccc(F)c1F. The van der Waals surface area contributed by atoms with Crippen molar-refractivity contribution in [1.29, 1.82) is 0 Å². The first kappa shape index (κ1) is 12.6. The molecular formula is C11H13F2NO2. The maximum atomic E-state index is 13.1. The van der Waals surface area contributed by atoms with E-state index in [1.54, 1.807) is 0 Å². The van der Waals surface area contributed by atoms with E-state index >= 15 is 0 Å². The molecule has 0 fully saturated rings. The third-order valence-electron chi connectivity index (χ3n) is 2.08. The van der Waals surface area contributed by atoms with Gasteiger partial charge in [0, 0.05) is 18.7 Å². The molecular weight excluding hydrogens is 216 g/mol. The predicted molar refractivity (Wildman–Crippen MR) is 54.7 cm³/mol. The van der Waals surface area contributed by atoms with Crippen LogP contribution < -0.4 is 5.32 Å². The second-order valence-electron chi connectivity index (χ2n) is 3.22. The average molecular weight is 229 g/mol. The first-order valence-electron chi connectivity index (χ1n) is 4.85. The van der Waals surface area contributed by atoms with Crippen LogP contribution in [0.4, 0.5) is 8.78 Å². The molecule has 0 amide bonds. The summed E-state index contributed by atoms with van der Waals surface area (Å²) < 4.78 is 30.4. The van der Waals surface area contributed by atoms with Gasteiger partial charge in [0.2, 0.25) is 0 Å². The minimum atomic E-state index is -0.868. The van der Waals surface area contributed by atoms with Crippen LogP contribution in [-0.4, -0.2) is 19.6 Å². The lowest BCUT2D eigenvalue weighted by Crippen LogP contribution is -2.19. The zero-order chi connectivity index (χ0) is 12.0. The van der Waals surface area contributed by atoms with Crippen LogP contribution in [-0.2, 0) is 16.1 Å². The maximum absolute atomic E-state index is 13.1. The third kappa shape index (κ3) is 3.58. The molecule has 0 heterocycles. The van der Waals surface area contributed by atoms with Gasteiger partial charge in [-0.05, 0) is 6.07 Å². The molecule has 16 heavy (non-hydrogen) atoms. The number of carbonyl (C=O) groups is 1. The number of ether oxygens (including phenoxy) is 1. The molecule has 0 aliphatic rings. The molecule has 0 spiro atoms.